The van der Waals surface area contributed by atoms with E-state index in [2.05, 4.69) is 0 Å². The van der Waals surface area contributed by atoms with E-state index in [0.29, 0.717) is 5.75 Å². The van der Waals surface area contributed by atoms with Crippen LogP contribution in [0.4, 0.5) is 0 Å². The van der Waals surface area contributed by atoms with E-state index in [0.717, 1.165) is 6.42 Å². The molecule has 0 spiro atoms. The fourth-order valence-corrected chi connectivity index (χ4v) is 1.61. The molecule has 6 nitrogen and oxygen atoms in total. The minimum atomic E-state index is -1.59. The Morgan fingerprint density at radius 2 is 1.77 bits per heavy atom. The topological polar surface area (TPSA) is 88.4 Å². The van der Waals surface area contributed by atoms with Crippen LogP contribution < -0.4 is 4.74 Å². The van der Waals surface area contributed by atoms with Crippen LogP contribution in [0.25, 0.3) is 0 Å². The summed E-state index contributed by atoms with van der Waals surface area (Å²) in [5, 5.41) is 28.2. The fourth-order valence-electron chi connectivity index (χ4n) is 1.61. The second-order valence-electron chi connectivity index (χ2n) is 5.65. The van der Waals surface area contributed by atoms with Gasteiger partial charge >= 0.3 is 0 Å². The molecule has 126 valence electrons. The van der Waals surface area contributed by atoms with Crippen LogP contribution in [0.5, 0.6) is 5.75 Å². The Morgan fingerprint density at radius 1 is 1.09 bits per heavy atom. The number of benzene rings is 1. The lowest BCUT2D eigenvalue weighted by Crippen LogP contribution is -2.32. The summed E-state index contributed by atoms with van der Waals surface area (Å²) < 4.78 is 15.9. The van der Waals surface area contributed by atoms with Gasteiger partial charge in [0, 0.05) is 11.0 Å². The third-order valence-corrected chi connectivity index (χ3v) is 3.58. The van der Waals surface area contributed by atoms with E-state index >= 15 is 0 Å². The summed E-state index contributed by atoms with van der Waals surface area (Å²) in [4.78, 5) is 0. The van der Waals surface area contributed by atoms with Gasteiger partial charge in [0.1, 0.15) is 5.75 Å². The molecule has 0 bridgehead atoms. The minimum absolute atomic E-state index is 0.0413. The average molecular weight is 314 g/mol. The van der Waals surface area contributed by atoms with E-state index in [1.54, 1.807) is 24.3 Å². The predicted octanol–water partition coefficient (Wildman–Crippen LogP) is 1.79. The zero-order chi connectivity index (χ0) is 16.6. The molecule has 1 unspecified atom stereocenters. The van der Waals surface area contributed by atoms with Gasteiger partial charge < -0.3 is 29.5 Å². The minimum Gasteiger partial charge on any atom is -0.467 e. The van der Waals surface area contributed by atoms with E-state index in [1.165, 1.54) is 0 Å². The number of rotatable bonds is 10. The second kappa shape index (κ2) is 9.07. The third-order valence-electron chi connectivity index (χ3n) is 3.58. The molecule has 0 fully saturated rings. The normalized spacial score (nSPS) is 13.4. The highest BCUT2D eigenvalue weighted by molar-refractivity contribution is 5.33. The van der Waals surface area contributed by atoms with Gasteiger partial charge in [0.25, 0.3) is 0 Å². The van der Waals surface area contributed by atoms with Crippen molar-refractivity contribution in [3.63, 3.8) is 0 Å². The molecule has 1 rings (SSSR count). The molecule has 1 aromatic carbocycles. The van der Waals surface area contributed by atoms with Gasteiger partial charge in [-0.2, -0.15) is 0 Å². The molecule has 0 heterocycles. The Bertz CT molecular complexity index is 432. The average Bonchev–Trinajstić information content (AvgIpc) is 2.50. The molecule has 1 atom stereocenters. The smallest absolute Gasteiger partial charge is 0.189 e. The number of ether oxygens (including phenoxy) is 3. The van der Waals surface area contributed by atoms with Crippen molar-refractivity contribution in [2.75, 3.05) is 20.0 Å². The molecule has 0 saturated carbocycles. The van der Waals surface area contributed by atoms with Crippen molar-refractivity contribution in [1.29, 1.82) is 0 Å². The molecule has 0 aliphatic carbocycles. The Morgan fingerprint density at radius 3 is 2.41 bits per heavy atom. The highest BCUT2D eigenvalue weighted by atomic mass is 16.7. The van der Waals surface area contributed by atoms with Gasteiger partial charge in [-0.1, -0.05) is 39.0 Å². The van der Waals surface area contributed by atoms with Crippen molar-refractivity contribution in [3.05, 3.63) is 29.8 Å². The lowest BCUT2D eigenvalue weighted by Gasteiger charge is -2.28. The van der Waals surface area contributed by atoms with E-state index < -0.39 is 12.6 Å². The van der Waals surface area contributed by atoms with Crippen molar-refractivity contribution in [3.8, 4) is 5.75 Å². The van der Waals surface area contributed by atoms with Crippen LogP contribution in [0.2, 0.25) is 0 Å². The van der Waals surface area contributed by atoms with Crippen LogP contribution in [-0.4, -0.2) is 41.6 Å². The molecule has 3 N–H and O–H groups in total. The summed E-state index contributed by atoms with van der Waals surface area (Å²) >= 11 is 0. The molecule has 0 aliphatic heterocycles. The van der Waals surface area contributed by atoms with Gasteiger partial charge in [-0.05, 0) is 12.5 Å². The Kier molecular flexibility index (Phi) is 7.78. The SMILES string of the molecule is CCC(C)(C)C(O)OCCOCOc1ccccc1C(O)O. The number of para-hydroxylation sites is 1. The van der Waals surface area contributed by atoms with Crippen LogP contribution in [0.1, 0.15) is 39.0 Å². The second-order valence-corrected chi connectivity index (χ2v) is 5.65. The van der Waals surface area contributed by atoms with E-state index in [1.807, 2.05) is 20.8 Å². The van der Waals surface area contributed by atoms with E-state index in [-0.39, 0.29) is 31.0 Å². The van der Waals surface area contributed by atoms with Crippen molar-refractivity contribution >= 4 is 0 Å². The quantitative estimate of drug-likeness (QED) is 0.451. The van der Waals surface area contributed by atoms with Gasteiger partial charge in [-0.25, -0.2) is 0 Å². The molecular formula is C16H26O6. The van der Waals surface area contributed by atoms with Gasteiger partial charge in [0.15, 0.2) is 19.4 Å². The van der Waals surface area contributed by atoms with Crippen LogP contribution in [0.15, 0.2) is 24.3 Å². The Balaban J connectivity index is 2.24. The summed E-state index contributed by atoms with van der Waals surface area (Å²) in [6.07, 6.45) is -1.63. The molecule has 0 saturated heterocycles. The molecular weight excluding hydrogens is 288 g/mol. The summed E-state index contributed by atoms with van der Waals surface area (Å²) in [5.41, 5.74) is -0.0188. The monoisotopic (exact) mass is 314 g/mol. The van der Waals surface area contributed by atoms with Crippen molar-refractivity contribution in [2.45, 2.75) is 39.8 Å². The van der Waals surface area contributed by atoms with Gasteiger partial charge in [-0.3, -0.25) is 0 Å². The summed E-state index contributed by atoms with van der Waals surface area (Å²) in [5.74, 6) is 0.352. The summed E-state index contributed by atoms with van der Waals surface area (Å²) in [6, 6.07) is 6.61. The Labute approximate surface area is 131 Å². The molecule has 0 amide bonds. The van der Waals surface area contributed by atoms with Crippen molar-refractivity contribution < 1.29 is 29.5 Å². The lowest BCUT2D eigenvalue weighted by molar-refractivity contribution is -0.175. The first-order chi connectivity index (χ1) is 10.4. The van der Waals surface area contributed by atoms with E-state index in [4.69, 9.17) is 14.2 Å². The highest BCUT2D eigenvalue weighted by Gasteiger charge is 2.26. The number of hydrogen-bond donors (Lipinski definition) is 3. The number of hydrogen-bond acceptors (Lipinski definition) is 6. The maximum absolute atomic E-state index is 9.84. The number of aliphatic hydroxyl groups is 3. The largest absolute Gasteiger partial charge is 0.467 e. The standard InChI is InChI=1S/C16H26O6/c1-4-16(2,3)15(19)21-10-9-20-11-22-13-8-6-5-7-12(13)14(17)18/h5-8,14-15,17-19H,4,9-11H2,1-3H3. The van der Waals surface area contributed by atoms with Crippen LogP contribution in [0, 0.1) is 5.41 Å². The molecule has 0 aromatic heterocycles. The molecule has 6 heteroatoms. The van der Waals surface area contributed by atoms with Gasteiger partial charge in [0.05, 0.1) is 13.2 Å². The molecule has 0 aliphatic rings. The zero-order valence-electron chi connectivity index (χ0n) is 13.4. The maximum Gasteiger partial charge on any atom is 0.189 e. The first-order valence-corrected chi connectivity index (χ1v) is 7.33. The van der Waals surface area contributed by atoms with Crippen LogP contribution in [-0.2, 0) is 9.47 Å². The van der Waals surface area contributed by atoms with Gasteiger partial charge in [-0.15, -0.1) is 0 Å². The fraction of sp³-hybridized carbons (Fsp3) is 0.625. The summed E-state index contributed by atoms with van der Waals surface area (Å²) in [6.45, 7) is 6.32. The maximum atomic E-state index is 9.84. The first kappa shape index (κ1) is 18.9. The van der Waals surface area contributed by atoms with Crippen LogP contribution in [0.3, 0.4) is 0 Å². The lowest BCUT2D eigenvalue weighted by atomic mass is 9.90. The molecule has 1 aromatic rings. The predicted molar refractivity (Wildman–Crippen MR) is 81.1 cm³/mol. The van der Waals surface area contributed by atoms with Crippen molar-refractivity contribution in [2.24, 2.45) is 5.41 Å². The van der Waals surface area contributed by atoms with Gasteiger partial charge in [0.2, 0.25) is 0 Å². The van der Waals surface area contributed by atoms with Crippen LogP contribution >= 0.6 is 0 Å². The molecule has 0 radical (unpaired) electrons. The van der Waals surface area contributed by atoms with Crippen molar-refractivity contribution in [1.82, 2.24) is 0 Å². The zero-order valence-corrected chi connectivity index (χ0v) is 13.4. The first-order valence-electron chi connectivity index (χ1n) is 7.33. The summed E-state index contributed by atoms with van der Waals surface area (Å²) in [7, 11) is 0. The third kappa shape index (κ3) is 5.90. The molecule has 22 heavy (non-hydrogen) atoms. The highest BCUT2D eigenvalue weighted by Crippen LogP contribution is 2.25. The van der Waals surface area contributed by atoms with E-state index in [9.17, 15) is 15.3 Å². The Hall–Kier alpha value is -1.18. The number of aliphatic hydroxyl groups excluding tert-OH is 2.